The summed E-state index contributed by atoms with van der Waals surface area (Å²) in [4.78, 5) is 4.12. The van der Waals surface area contributed by atoms with Crippen molar-refractivity contribution in [2.75, 3.05) is 20.3 Å². The Balaban J connectivity index is 3.26. The highest BCUT2D eigenvalue weighted by molar-refractivity contribution is 9.10. The van der Waals surface area contributed by atoms with Crippen molar-refractivity contribution in [3.8, 4) is 5.88 Å². The Hall–Kier alpha value is -0.650. The molecular formula is C10H15BrN2O2. The predicted molar refractivity (Wildman–Crippen MR) is 62.0 cm³/mol. The van der Waals surface area contributed by atoms with Crippen LogP contribution in [-0.4, -0.2) is 30.4 Å². The third-order valence-corrected chi connectivity index (χ3v) is 2.89. The summed E-state index contributed by atoms with van der Waals surface area (Å²) in [6.45, 7) is 2.16. The Morgan fingerprint density at radius 1 is 1.67 bits per heavy atom. The van der Waals surface area contributed by atoms with Crippen LogP contribution >= 0.6 is 15.9 Å². The van der Waals surface area contributed by atoms with E-state index in [1.54, 1.807) is 13.3 Å². The van der Waals surface area contributed by atoms with E-state index in [0.717, 1.165) is 10.0 Å². The van der Waals surface area contributed by atoms with Gasteiger partial charge >= 0.3 is 0 Å². The Bertz CT molecular complexity index is 340. The first-order chi connectivity index (χ1) is 7.07. The second-order valence-corrected chi connectivity index (χ2v) is 4.55. The number of aliphatic hydroxyl groups is 1. The quantitative estimate of drug-likeness (QED) is 0.862. The van der Waals surface area contributed by atoms with Gasteiger partial charge in [0, 0.05) is 28.2 Å². The van der Waals surface area contributed by atoms with Crippen molar-refractivity contribution in [3.63, 3.8) is 0 Å². The van der Waals surface area contributed by atoms with Gasteiger partial charge in [-0.3, -0.25) is 0 Å². The van der Waals surface area contributed by atoms with E-state index in [9.17, 15) is 5.11 Å². The summed E-state index contributed by atoms with van der Waals surface area (Å²) in [5, 5.41) is 9.37. The first-order valence-corrected chi connectivity index (χ1v) is 5.37. The van der Waals surface area contributed by atoms with Crippen LogP contribution in [0.3, 0.4) is 0 Å². The van der Waals surface area contributed by atoms with Crippen molar-refractivity contribution in [1.82, 2.24) is 4.98 Å². The largest absolute Gasteiger partial charge is 0.481 e. The Kier molecular flexibility index (Phi) is 4.07. The molecule has 0 aliphatic carbocycles. The molecule has 84 valence electrons. The normalized spacial score (nSPS) is 14.7. The van der Waals surface area contributed by atoms with Gasteiger partial charge in [-0.25, -0.2) is 4.98 Å². The Morgan fingerprint density at radius 3 is 2.80 bits per heavy atom. The van der Waals surface area contributed by atoms with Gasteiger partial charge in [-0.15, -0.1) is 0 Å². The number of aliphatic hydroxyl groups excluding tert-OH is 1. The molecule has 0 spiro atoms. The summed E-state index contributed by atoms with van der Waals surface area (Å²) in [6, 6.07) is 1.87. The van der Waals surface area contributed by atoms with Gasteiger partial charge in [0.1, 0.15) is 0 Å². The van der Waals surface area contributed by atoms with Gasteiger partial charge in [0.15, 0.2) is 0 Å². The molecule has 0 saturated carbocycles. The summed E-state index contributed by atoms with van der Waals surface area (Å²) in [5.74, 6) is 0.500. The van der Waals surface area contributed by atoms with Gasteiger partial charge in [-0.05, 0) is 22.0 Å². The number of hydrogen-bond acceptors (Lipinski definition) is 4. The maximum atomic E-state index is 9.37. The van der Waals surface area contributed by atoms with Crippen molar-refractivity contribution in [3.05, 3.63) is 22.3 Å². The fraction of sp³-hybridized carbons (Fsp3) is 0.500. The molecule has 1 aromatic rings. The van der Waals surface area contributed by atoms with Crippen molar-refractivity contribution in [1.29, 1.82) is 0 Å². The average Bonchev–Trinajstić information content (AvgIpc) is 2.28. The van der Waals surface area contributed by atoms with Crippen LogP contribution < -0.4 is 10.5 Å². The molecule has 0 aliphatic rings. The van der Waals surface area contributed by atoms with Crippen molar-refractivity contribution >= 4 is 15.9 Å². The minimum atomic E-state index is -0.526. The van der Waals surface area contributed by atoms with Gasteiger partial charge in [0.2, 0.25) is 5.88 Å². The number of methoxy groups -OCH3 is 1. The lowest BCUT2D eigenvalue weighted by atomic mass is 9.84. The van der Waals surface area contributed by atoms with Crippen LogP contribution in [0.15, 0.2) is 16.7 Å². The van der Waals surface area contributed by atoms with Crippen LogP contribution in [0.25, 0.3) is 0 Å². The Morgan fingerprint density at radius 2 is 2.33 bits per heavy atom. The molecule has 1 rings (SSSR count). The molecule has 0 fully saturated rings. The molecule has 0 aromatic carbocycles. The van der Waals surface area contributed by atoms with Crippen LogP contribution in [0.1, 0.15) is 12.5 Å². The molecule has 1 atom stereocenters. The fourth-order valence-electron chi connectivity index (χ4n) is 1.28. The molecule has 4 nitrogen and oxygen atoms in total. The van der Waals surface area contributed by atoms with Gasteiger partial charge in [-0.1, -0.05) is 6.92 Å². The van der Waals surface area contributed by atoms with E-state index in [4.69, 9.17) is 10.5 Å². The predicted octanol–water partition coefficient (Wildman–Crippen LogP) is 1.06. The highest BCUT2D eigenvalue weighted by Crippen LogP contribution is 2.31. The summed E-state index contributed by atoms with van der Waals surface area (Å²) in [5.41, 5.74) is 5.95. The van der Waals surface area contributed by atoms with Crippen molar-refractivity contribution in [2.45, 2.75) is 12.3 Å². The van der Waals surface area contributed by atoms with Gasteiger partial charge in [0.05, 0.1) is 13.7 Å². The molecule has 3 N–H and O–H groups in total. The topological polar surface area (TPSA) is 68.4 Å². The molecule has 0 bridgehead atoms. The van der Waals surface area contributed by atoms with Gasteiger partial charge < -0.3 is 15.6 Å². The summed E-state index contributed by atoms with van der Waals surface area (Å²) in [6.07, 6.45) is 1.65. The van der Waals surface area contributed by atoms with E-state index < -0.39 is 5.41 Å². The number of nitrogens with two attached hydrogens (primary N) is 1. The van der Waals surface area contributed by atoms with Crippen LogP contribution in [0.4, 0.5) is 0 Å². The smallest absolute Gasteiger partial charge is 0.216 e. The first kappa shape index (κ1) is 12.4. The molecule has 0 amide bonds. The number of pyridine rings is 1. The van der Waals surface area contributed by atoms with Crippen LogP contribution in [0.2, 0.25) is 0 Å². The van der Waals surface area contributed by atoms with E-state index in [2.05, 4.69) is 20.9 Å². The highest BCUT2D eigenvalue weighted by Gasteiger charge is 2.28. The summed E-state index contributed by atoms with van der Waals surface area (Å²) in [7, 11) is 1.55. The SMILES string of the molecule is COc1ncc(Br)cc1C(C)(CN)CO. The molecular weight excluding hydrogens is 260 g/mol. The molecule has 1 heterocycles. The second-order valence-electron chi connectivity index (χ2n) is 3.63. The maximum absolute atomic E-state index is 9.37. The van der Waals surface area contributed by atoms with Crippen molar-refractivity contribution < 1.29 is 9.84 Å². The Labute approximate surface area is 97.6 Å². The number of ether oxygens (including phenoxy) is 1. The minimum Gasteiger partial charge on any atom is -0.481 e. The first-order valence-electron chi connectivity index (χ1n) is 4.58. The van der Waals surface area contributed by atoms with E-state index in [0.29, 0.717) is 12.4 Å². The lowest BCUT2D eigenvalue weighted by Gasteiger charge is -2.27. The van der Waals surface area contributed by atoms with Crippen LogP contribution in [-0.2, 0) is 5.41 Å². The molecule has 1 unspecified atom stereocenters. The number of rotatable bonds is 4. The molecule has 0 saturated heterocycles. The lowest BCUT2D eigenvalue weighted by Crippen LogP contribution is -2.36. The second kappa shape index (κ2) is 4.92. The third kappa shape index (κ3) is 2.48. The van der Waals surface area contributed by atoms with E-state index >= 15 is 0 Å². The monoisotopic (exact) mass is 274 g/mol. The van der Waals surface area contributed by atoms with Gasteiger partial charge in [-0.2, -0.15) is 0 Å². The number of nitrogens with zero attached hydrogens (tertiary/aromatic N) is 1. The summed E-state index contributed by atoms with van der Waals surface area (Å²) >= 11 is 3.34. The minimum absolute atomic E-state index is 0.0437. The zero-order valence-electron chi connectivity index (χ0n) is 8.83. The van der Waals surface area contributed by atoms with E-state index in [1.165, 1.54) is 0 Å². The standard InChI is InChI=1S/C10H15BrN2O2/c1-10(5-12,6-14)8-3-7(11)4-13-9(8)15-2/h3-4,14H,5-6,12H2,1-2H3. The molecule has 15 heavy (non-hydrogen) atoms. The molecule has 1 aromatic heterocycles. The zero-order valence-corrected chi connectivity index (χ0v) is 10.4. The van der Waals surface area contributed by atoms with Gasteiger partial charge in [0.25, 0.3) is 0 Å². The molecule has 5 heteroatoms. The lowest BCUT2D eigenvalue weighted by molar-refractivity contribution is 0.205. The maximum Gasteiger partial charge on any atom is 0.216 e. The molecule has 0 aliphatic heterocycles. The van der Waals surface area contributed by atoms with E-state index in [-0.39, 0.29) is 6.61 Å². The van der Waals surface area contributed by atoms with Crippen LogP contribution in [0, 0.1) is 0 Å². The zero-order chi connectivity index (χ0) is 11.5. The van der Waals surface area contributed by atoms with Crippen molar-refractivity contribution in [2.24, 2.45) is 5.73 Å². The third-order valence-electron chi connectivity index (χ3n) is 2.46. The molecule has 0 radical (unpaired) electrons. The fourth-order valence-corrected chi connectivity index (χ4v) is 1.61. The average molecular weight is 275 g/mol. The summed E-state index contributed by atoms with van der Waals surface area (Å²) < 4.78 is 5.99. The van der Waals surface area contributed by atoms with Crippen LogP contribution in [0.5, 0.6) is 5.88 Å². The number of hydrogen-bond donors (Lipinski definition) is 2. The highest BCUT2D eigenvalue weighted by atomic mass is 79.9. The van der Waals surface area contributed by atoms with E-state index in [1.807, 2.05) is 13.0 Å². The number of halogens is 1. The number of aromatic nitrogens is 1.